The van der Waals surface area contributed by atoms with E-state index in [2.05, 4.69) is 5.84 Å². The second-order valence-electron chi connectivity index (χ2n) is 4.26. The highest BCUT2D eigenvalue weighted by atomic mass is 19.1. The summed E-state index contributed by atoms with van der Waals surface area (Å²) in [6.45, 7) is 0. The van der Waals surface area contributed by atoms with Gasteiger partial charge in [0.1, 0.15) is 17.3 Å². The van der Waals surface area contributed by atoms with Crippen LogP contribution in [0, 0.1) is 5.82 Å². The molecule has 124 valence electrons. The quantitative estimate of drug-likeness (QED) is 0.333. The smallest absolute Gasteiger partial charge is 0.221 e. The molecule has 0 fully saturated rings. The molecule has 2 rings (SSSR count). The fourth-order valence-electron chi connectivity index (χ4n) is 1.81. The molecule has 0 atom stereocenters. The third kappa shape index (κ3) is 5.13. The maximum absolute atomic E-state index is 13.8. The molecular formula is C15H19FN4O3. The number of ether oxygens (including phenoxy) is 1. The largest absolute Gasteiger partial charge is 0.496 e. The van der Waals surface area contributed by atoms with E-state index in [0.29, 0.717) is 23.5 Å². The predicted octanol–water partition coefficient (Wildman–Crippen LogP) is 1.51. The lowest BCUT2D eigenvalue weighted by molar-refractivity contribution is -0.109. The number of methoxy groups -OCH3 is 1. The Morgan fingerprint density at radius 3 is 2.52 bits per heavy atom. The van der Waals surface area contributed by atoms with E-state index in [1.54, 1.807) is 49.1 Å². The molecule has 2 aromatic rings. The Balaban J connectivity index is 0.000000593. The van der Waals surface area contributed by atoms with E-state index in [1.807, 2.05) is 0 Å². The summed E-state index contributed by atoms with van der Waals surface area (Å²) in [5.41, 5.74) is 2.58. The Labute approximate surface area is 133 Å². The number of hydrogen-bond acceptors (Lipinski definition) is 6. The van der Waals surface area contributed by atoms with E-state index < -0.39 is 5.82 Å². The van der Waals surface area contributed by atoms with E-state index in [9.17, 15) is 4.39 Å². The van der Waals surface area contributed by atoms with Crippen molar-refractivity contribution in [2.75, 3.05) is 19.2 Å². The van der Waals surface area contributed by atoms with Gasteiger partial charge in [-0.2, -0.15) is 0 Å². The van der Waals surface area contributed by atoms with Crippen LogP contribution in [0.2, 0.25) is 0 Å². The van der Waals surface area contributed by atoms with Gasteiger partial charge in [0, 0.05) is 12.6 Å². The minimum absolute atomic E-state index is 0.266. The number of rotatable bonds is 5. The topological polar surface area (TPSA) is 107 Å². The molecule has 0 spiro atoms. The highest BCUT2D eigenvalue weighted by Gasteiger charge is 2.14. The molecule has 7 nitrogen and oxygen atoms in total. The first-order valence-electron chi connectivity index (χ1n) is 6.51. The van der Waals surface area contributed by atoms with Gasteiger partial charge in [-0.15, -0.1) is 0 Å². The first kappa shape index (κ1) is 18.2. The summed E-state index contributed by atoms with van der Waals surface area (Å²) in [5, 5.41) is 1.22. The van der Waals surface area contributed by atoms with Gasteiger partial charge in [-0.3, -0.25) is 10.2 Å². The summed E-state index contributed by atoms with van der Waals surface area (Å²) in [7, 11) is 3.10. The van der Waals surface area contributed by atoms with E-state index in [4.69, 9.17) is 19.8 Å². The second kappa shape index (κ2) is 9.23. The van der Waals surface area contributed by atoms with Crippen LogP contribution < -0.4 is 26.9 Å². The van der Waals surface area contributed by atoms with Gasteiger partial charge in [0.05, 0.1) is 19.1 Å². The number of furan rings is 1. The number of nitrogens with one attached hydrogen (secondary N) is 1. The molecule has 0 aliphatic heterocycles. The molecule has 23 heavy (non-hydrogen) atoms. The number of halogens is 1. The van der Waals surface area contributed by atoms with Crippen molar-refractivity contribution in [3.05, 3.63) is 47.7 Å². The van der Waals surface area contributed by atoms with Gasteiger partial charge in [-0.05, 0) is 36.4 Å². The van der Waals surface area contributed by atoms with Crippen molar-refractivity contribution in [2.24, 2.45) is 11.7 Å². The van der Waals surface area contributed by atoms with E-state index >= 15 is 0 Å². The van der Waals surface area contributed by atoms with E-state index in [-0.39, 0.29) is 5.69 Å². The van der Waals surface area contributed by atoms with Crippen LogP contribution in [0.15, 0.2) is 34.9 Å². The first-order chi connectivity index (χ1) is 11.0. The van der Waals surface area contributed by atoms with Gasteiger partial charge in [-0.25, -0.2) is 16.1 Å². The molecule has 8 heteroatoms. The minimum atomic E-state index is -0.412. The van der Waals surface area contributed by atoms with Crippen molar-refractivity contribution >= 4 is 24.2 Å². The molecule has 0 bridgehead atoms. The Morgan fingerprint density at radius 1 is 1.35 bits per heavy atom. The lowest BCUT2D eigenvalue weighted by Gasteiger charge is -2.18. The molecule has 1 amide bonds. The normalized spacial score (nSPS) is 9.96. The highest BCUT2D eigenvalue weighted by molar-refractivity contribution is 5.79. The van der Waals surface area contributed by atoms with Crippen LogP contribution in [0.3, 0.4) is 0 Å². The van der Waals surface area contributed by atoms with Gasteiger partial charge in [0.25, 0.3) is 0 Å². The number of amides is 1. The van der Waals surface area contributed by atoms with Crippen LogP contribution in [0.25, 0.3) is 12.2 Å². The summed E-state index contributed by atoms with van der Waals surface area (Å²) < 4.78 is 24.3. The fourth-order valence-corrected chi connectivity index (χ4v) is 1.81. The Morgan fingerprint density at radius 2 is 2.04 bits per heavy atom. The summed E-state index contributed by atoms with van der Waals surface area (Å²) >= 11 is 0. The number of hydrogen-bond donors (Lipinski definition) is 3. The zero-order chi connectivity index (χ0) is 17.2. The average Bonchev–Trinajstić information content (AvgIpc) is 3.06. The number of anilines is 1. The predicted molar refractivity (Wildman–Crippen MR) is 86.6 cm³/mol. The number of benzene rings is 1. The lowest BCUT2D eigenvalue weighted by atomic mass is 10.1. The zero-order valence-electron chi connectivity index (χ0n) is 12.8. The molecule has 0 unspecified atom stereocenters. The summed E-state index contributed by atoms with van der Waals surface area (Å²) in [6, 6.07) is 6.46. The van der Waals surface area contributed by atoms with Crippen LogP contribution in [0.1, 0.15) is 11.3 Å². The summed E-state index contributed by atoms with van der Waals surface area (Å²) in [4.78, 5) is 8.94. The fraction of sp³-hybridized carbons (Fsp3) is 0.133. The van der Waals surface area contributed by atoms with Crippen LogP contribution in [-0.2, 0) is 4.79 Å². The van der Waals surface area contributed by atoms with Crippen molar-refractivity contribution in [1.29, 1.82) is 0 Å². The molecule has 1 heterocycles. The zero-order valence-corrected chi connectivity index (χ0v) is 12.8. The SMILES string of the molecule is COc1ccc(F)c(N(C)N)c1/C=C/c1ccco1.NNC=O. The van der Waals surface area contributed by atoms with Crippen LogP contribution in [0.5, 0.6) is 5.75 Å². The third-order valence-corrected chi connectivity index (χ3v) is 2.73. The van der Waals surface area contributed by atoms with Gasteiger partial charge < -0.3 is 14.2 Å². The lowest BCUT2D eigenvalue weighted by Crippen LogP contribution is -2.27. The van der Waals surface area contributed by atoms with Crippen LogP contribution >= 0.6 is 0 Å². The standard InChI is InChI=1S/C14H15FN2O2.CH4N2O/c1-17(16)14-11(6-5-10-4-3-9-19-10)13(18-2)8-7-12(14)15;2-3-1-4/h3-9H,16H2,1-2H3;1H,2H2,(H,3,4)/b6-5+;. The van der Waals surface area contributed by atoms with Crippen molar-refractivity contribution in [1.82, 2.24) is 5.43 Å². The molecule has 0 saturated heterocycles. The minimum Gasteiger partial charge on any atom is -0.496 e. The van der Waals surface area contributed by atoms with Gasteiger partial charge >= 0.3 is 0 Å². The molecule has 0 aliphatic carbocycles. The number of carbonyl (C=O) groups excluding carboxylic acids is 1. The van der Waals surface area contributed by atoms with Gasteiger partial charge in [0.2, 0.25) is 6.41 Å². The maximum atomic E-state index is 13.8. The van der Waals surface area contributed by atoms with Gasteiger partial charge in [-0.1, -0.05) is 0 Å². The molecular weight excluding hydrogens is 303 g/mol. The maximum Gasteiger partial charge on any atom is 0.221 e. The molecule has 5 N–H and O–H groups in total. The number of nitrogens with two attached hydrogens (primary N) is 2. The Hall–Kier alpha value is -2.84. The Bertz CT molecular complexity index is 642. The van der Waals surface area contributed by atoms with Crippen molar-refractivity contribution in [3.8, 4) is 5.75 Å². The highest BCUT2D eigenvalue weighted by Crippen LogP contribution is 2.32. The first-order valence-corrected chi connectivity index (χ1v) is 6.51. The van der Waals surface area contributed by atoms with Crippen LogP contribution in [-0.4, -0.2) is 20.6 Å². The Kier molecular flexibility index (Phi) is 7.31. The summed E-state index contributed by atoms with van der Waals surface area (Å²) in [5.74, 6) is 10.9. The van der Waals surface area contributed by atoms with E-state index in [1.165, 1.54) is 18.2 Å². The second-order valence-corrected chi connectivity index (χ2v) is 4.26. The molecule has 1 aromatic carbocycles. The molecule has 0 saturated carbocycles. The summed E-state index contributed by atoms with van der Waals surface area (Å²) in [6.07, 6.45) is 5.40. The number of carbonyl (C=O) groups is 1. The van der Waals surface area contributed by atoms with Crippen molar-refractivity contribution in [2.45, 2.75) is 0 Å². The van der Waals surface area contributed by atoms with Gasteiger partial charge in [0.15, 0.2) is 0 Å². The molecule has 0 radical (unpaired) electrons. The monoisotopic (exact) mass is 322 g/mol. The molecule has 1 aromatic heterocycles. The molecule has 0 aliphatic rings. The number of hydrazine groups is 2. The average molecular weight is 322 g/mol. The van der Waals surface area contributed by atoms with Crippen molar-refractivity contribution < 1.29 is 18.3 Å². The number of nitrogens with zero attached hydrogens (tertiary/aromatic N) is 1. The third-order valence-electron chi connectivity index (χ3n) is 2.73. The van der Waals surface area contributed by atoms with Crippen LogP contribution in [0.4, 0.5) is 10.1 Å². The van der Waals surface area contributed by atoms with Crippen molar-refractivity contribution in [3.63, 3.8) is 0 Å². The van der Waals surface area contributed by atoms with E-state index in [0.717, 1.165) is 0 Å².